The van der Waals surface area contributed by atoms with Crippen LogP contribution in [0.15, 0.2) is 60.8 Å². The van der Waals surface area contributed by atoms with Crippen molar-refractivity contribution in [2.24, 2.45) is 0 Å². The van der Waals surface area contributed by atoms with E-state index < -0.39 is 0 Å². The molecule has 1 amide bonds. The molecule has 1 aromatic heterocycles. The van der Waals surface area contributed by atoms with Gasteiger partial charge in [0.25, 0.3) is 0 Å². The van der Waals surface area contributed by atoms with Crippen molar-refractivity contribution in [2.45, 2.75) is 64.7 Å². The van der Waals surface area contributed by atoms with Gasteiger partial charge in [-0.1, -0.05) is 58.4 Å². The molecular weight excluding hydrogens is 470 g/mol. The molecule has 36 heavy (non-hydrogen) atoms. The maximum absolute atomic E-state index is 11.4. The van der Waals surface area contributed by atoms with Crippen LogP contribution >= 0.6 is 11.9 Å². The summed E-state index contributed by atoms with van der Waals surface area (Å²) in [5.74, 6) is 2.12. The largest absolute Gasteiger partial charge is 0.486 e. The van der Waals surface area contributed by atoms with Gasteiger partial charge in [-0.25, -0.2) is 4.98 Å². The number of amides is 1. The Balaban J connectivity index is 0.000000674. The van der Waals surface area contributed by atoms with Gasteiger partial charge in [0, 0.05) is 24.2 Å². The highest BCUT2D eigenvalue weighted by atomic mass is 32.2. The van der Waals surface area contributed by atoms with E-state index in [1.54, 1.807) is 12.1 Å². The Morgan fingerprint density at radius 2 is 1.86 bits per heavy atom. The molecule has 5 rings (SSSR count). The van der Waals surface area contributed by atoms with Crippen LogP contribution in [0.4, 0.5) is 0 Å². The summed E-state index contributed by atoms with van der Waals surface area (Å²) < 4.78 is 15.1. The van der Waals surface area contributed by atoms with E-state index >= 15 is 0 Å². The van der Waals surface area contributed by atoms with E-state index in [1.807, 2.05) is 50.2 Å². The minimum Gasteiger partial charge on any atom is -0.486 e. The lowest BCUT2D eigenvalue weighted by Crippen LogP contribution is -2.05. The average Bonchev–Trinajstić information content (AvgIpc) is 3.54. The monoisotopic (exact) mass is 503 g/mol. The first-order chi connectivity index (χ1) is 17.6. The highest BCUT2D eigenvalue weighted by molar-refractivity contribution is 7.98. The van der Waals surface area contributed by atoms with Gasteiger partial charge in [0.15, 0.2) is 0 Å². The molecule has 0 spiro atoms. The van der Waals surface area contributed by atoms with Gasteiger partial charge < -0.3 is 9.47 Å². The van der Waals surface area contributed by atoms with Crippen LogP contribution in [0, 0.1) is 11.3 Å². The number of aromatic nitrogens is 1. The summed E-state index contributed by atoms with van der Waals surface area (Å²) in [5.41, 5.74) is 3.87. The molecule has 3 aromatic rings. The Labute approximate surface area is 218 Å². The van der Waals surface area contributed by atoms with E-state index in [9.17, 15) is 4.79 Å². The molecule has 0 bridgehead atoms. The molecule has 2 atom stereocenters. The fourth-order valence-corrected chi connectivity index (χ4v) is 4.80. The van der Waals surface area contributed by atoms with Gasteiger partial charge in [0.05, 0.1) is 10.8 Å². The summed E-state index contributed by atoms with van der Waals surface area (Å²) in [7, 11) is 0. The SMILES string of the molecule is CC.CCC.N#Cc1ccc(Oc2cccc3c2CCC3Oc2ccc(C3CC(=O)NS3)cc2)nc1. The number of hydrogen-bond acceptors (Lipinski definition) is 6. The molecule has 1 aliphatic heterocycles. The molecule has 1 aliphatic carbocycles. The number of rotatable bonds is 5. The summed E-state index contributed by atoms with van der Waals surface area (Å²) in [6.07, 6.45) is 4.95. The molecule has 7 heteroatoms. The Kier molecular flexibility index (Phi) is 10.2. The fraction of sp³-hybridized carbons (Fsp3) is 0.345. The maximum atomic E-state index is 11.4. The van der Waals surface area contributed by atoms with Crippen LogP contribution < -0.4 is 14.2 Å². The lowest BCUT2D eigenvalue weighted by molar-refractivity contribution is -0.118. The van der Waals surface area contributed by atoms with E-state index in [1.165, 1.54) is 24.6 Å². The summed E-state index contributed by atoms with van der Waals surface area (Å²) in [6, 6.07) is 19.4. The number of fused-ring (bicyclic) bond motifs is 1. The van der Waals surface area contributed by atoms with Crippen molar-refractivity contribution in [1.29, 1.82) is 5.26 Å². The molecule has 0 radical (unpaired) electrons. The molecule has 1 N–H and O–H groups in total. The number of ether oxygens (including phenoxy) is 2. The van der Waals surface area contributed by atoms with Gasteiger partial charge >= 0.3 is 0 Å². The Morgan fingerprint density at radius 3 is 2.47 bits per heavy atom. The Morgan fingerprint density at radius 1 is 1.11 bits per heavy atom. The van der Waals surface area contributed by atoms with Gasteiger partial charge in [-0.3, -0.25) is 9.52 Å². The first-order valence-electron chi connectivity index (χ1n) is 12.5. The van der Waals surface area contributed by atoms with Crippen molar-refractivity contribution in [3.05, 3.63) is 83.0 Å². The second-order valence-electron chi connectivity index (χ2n) is 8.18. The van der Waals surface area contributed by atoms with Crippen LogP contribution in [0.25, 0.3) is 0 Å². The topological polar surface area (TPSA) is 84.2 Å². The fourth-order valence-electron chi connectivity index (χ4n) is 3.92. The number of hydrogen-bond donors (Lipinski definition) is 1. The standard InChI is InChI=1S/C24H19N3O3S.C3H8.C2H6/c25-13-15-4-11-24(26-14-15)30-20-3-1-2-18-19(20)9-10-21(18)29-17-7-5-16(6-8-17)22-12-23(28)27-31-22;1-3-2;1-2/h1-8,11,14,21-22H,9-10,12H2,(H,27,28);3H2,1-2H3;1-2H3. The number of nitriles is 1. The smallest absolute Gasteiger partial charge is 0.231 e. The third kappa shape index (κ3) is 6.79. The first kappa shape index (κ1) is 27.1. The molecule has 188 valence electrons. The van der Waals surface area contributed by atoms with Gasteiger partial charge in [-0.15, -0.1) is 0 Å². The number of nitrogens with zero attached hydrogens (tertiary/aromatic N) is 2. The lowest BCUT2D eigenvalue weighted by Gasteiger charge is -2.16. The zero-order valence-corrected chi connectivity index (χ0v) is 22.1. The van der Waals surface area contributed by atoms with E-state index in [0.29, 0.717) is 17.9 Å². The molecule has 2 aromatic carbocycles. The van der Waals surface area contributed by atoms with E-state index in [-0.39, 0.29) is 17.3 Å². The third-order valence-electron chi connectivity index (χ3n) is 5.47. The number of nitrogens with one attached hydrogen (secondary N) is 1. The molecule has 2 heterocycles. The van der Waals surface area contributed by atoms with Gasteiger partial charge in [-0.05, 0) is 60.2 Å². The van der Waals surface area contributed by atoms with Crippen LogP contribution in [-0.4, -0.2) is 10.9 Å². The van der Waals surface area contributed by atoms with E-state index in [2.05, 4.69) is 35.7 Å². The normalized spacial score (nSPS) is 17.4. The summed E-state index contributed by atoms with van der Waals surface area (Å²) in [5, 5.41) is 9.07. The highest BCUT2D eigenvalue weighted by Gasteiger charge is 2.28. The van der Waals surface area contributed by atoms with Crippen molar-refractivity contribution >= 4 is 17.9 Å². The van der Waals surface area contributed by atoms with Crippen molar-refractivity contribution in [2.75, 3.05) is 0 Å². The molecule has 2 aliphatic rings. The Bertz CT molecular complexity index is 1170. The van der Waals surface area contributed by atoms with Crippen LogP contribution in [0.2, 0.25) is 0 Å². The van der Waals surface area contributed by atoms with Crippen LogP contribution in [0.5, 0.6) is 17.4 Å². The summed E-state index contributed by atoms with van der Waals surface area (Å²) >= 11 is 1.46. The van der Waals surface area contributed by atoms with Gasteiger partial charge in [-0.2, -0.15) is 5.26 Å². The van der Waals surface area contributed by atoms with Crippen LogP contribution in [-0.2, 0) is 11.2 Å². The van der Waals surface area contributed by atoms with Crippen molar-refractivity contribution < 1.29 is 14.3 Å². The average molecular weight is 504 g/mol. The lowest BCUT2D eigenvalue weighted by atomic mass is 10.1. The molecule has 6 nitrogen and oxygen atoms in total. The second kappa shape index (κ2) is 13.6. The second-order valence-corrected chi connectivity index (χ2v) is 9.19. The summed E-state index contributed by atoms with van der Waals surface area (Å²) in [4.78, 5) is 15.6. The molecule has 0 saturated carbocycles. The number of carbonyl (C=O) groups excluding carboxylic acids is 1. The number of pyridine rings is 1. The Hall–Kier alpha value is -3.50. The predicted octanol–water partition coefficient (Wildman–Crippen LogP) is 7.46. The predicted molar refractivity (Wildman–Crippen MR) is 144 cm³/mol. The van der Waals surface area contributed by atoms with Gasteiger partial charge in [0.1, 0.15) is 23.7 Å². The quantitative estimate of drug-likeness (QED) is 0.364. The number of benzene rings is 2. The molecule has 1 saturated heterocycles. The van der Waals surface area contributed by atoms with Crippen LogP contribution in [0.1, 0.15) is 80.6 Å². The zero-order chi connectivity index (χ0) is 25.9. The zero-order valence-electron chi connectivity index (χ0n) is 21.3. The van der Waals surface area contributed by atoms with E-state index in [4.69, 9.17) is 14.7 Å². The van der Waals surface area contributed by atoms with Crippen molar-refractivity contribution in [3.63, 3.8) is 0 Å². The highest BCUT2D eigenvalue weighted by Crippen LogP contribution is 2.41. The van der Waals surface area contributed by atoms with E-state index in [0.717, 1.165) is 41.0 Å². The molecule has 2 unspecified atom stereocenters. The van der Waals surface area contributed by atoms with Crippen molar-refractivity contribution in [3.8, 4) is 23.4 Å². The third-order valence-corrected chi connectivity index (χ3v) is 6.54. The maximum Gasteiger partial charge on any atom is 0.231 e. The van der Waals surface area contributed by atoms with Crippen LogP contribution in [0.3, 0.4) is 0 Å². The van der Waals surface area contributed by atoms with Gasteiger partial charge in [0.2, 0.25) is 11.8 Å². The van der Waals surface area contributed by atoms with Crippen molar-refractivity contribution in [1.82, 2.24) is 9.71 Å². The number of carbonyl (C=O) groups is 1. The molecule has 1 fully saturated rings. The molecular formula is C29H33N3O3S. The first-order valence-corrected chi connectivity index (χ1v) is 13.4. The minimum absolute atomic E-state index is 0.0394. The minimum atomic E-state index is -0.0394. The summed E-state index contributed by atoms with van der Waals surface area (Å²) in [6.45, 7) is 8.25.